The van der Waals surface area contributed by atoms with Crippen LogP contribution in [0, 0.1) is 5.92 Å². The summed E-state index contributed by atoms with van der Waals surface area (Å²) in [6.45, 7) is 0. The van der Waals surface area contributed by atoms with Gasteiger partial charge in [0.25, 0.3) is 0 Å². The van der Waals surface area contributed by atoms with Gasteiger partial charge < -0.3 is 5.73 Å². The minimum Gasteiger partial charge on any atom is -0.327 e. The van der Waals surface area contributed by atoms with Gasteiger partial charge in [-0.25, -0.2) is 0 Å². The molecule has 0 bridgehead atoms. The van der Waals surface area contributed by atoms with Gasteiger partial charge in [-0.15, -0.1) is 0 Å². The Hall–Kier alpha value is -0.240. The van der Waals surface area contributed by atoms with E-state index in [9.17, 15) is 0 Å². The SMILES string of the molecule is NC1CCC1Cc1c(Cl)cccc1Cl. The number of hydrogen-bond acceptors (Lipinski definition) is 1. The van der Waals surface area contributed by atoms with Crippen LogP contribution in [-0.2, 0) is 6.42 Å². The molecule has 0 aromatic heterocycles. The van der Waals surface area contributed by atoms with Crippen LogP contribution in [0.4, 0.5) is 0 Å². The van der Waals surface area contributed by atoms with Crippen LogP contribution in [0.1, 0.15) is 18.4 Å². The highest BCUT2D eigenvalue weighted by atomic mass is 35.5. The first-order chi connectivity index (χ1) is 6.68. The molecule has 3 heteroatoms. The predicted molar refractivity (Wildman–Crippen MR) is 60.9 cm³/mol. The Labute approximate surface area is 94.2 Å². The fraction of sp³-hybridized carbons (Fsp3) is 0.455. The van der Waals surface area contributed by atoms with Crippen LogP contribution < -0.4 is 5.73 Å². The van der Waals surface area contributed by atoms with E-state index < -0.39 is 0 Å². The van der Waals surface area contributed by atoms with E-state index in [1.807, 2.05) is 18.2 Å². The highest BCUT2D eigenvalue weighted by Gasteiger charge is 2.28. The van der Waals surface area contributed by atoms with E-state index in [1.54, 1.807) is 0 Å². The molecule has 1 nitrogen and oxygen atoms in total. The van der Waals surface area contributed by atoms with Gasteiger partial charge in [-0.1, -0.05) is 29.3 Å². The fourth-order valence-electron chi connectivity index (χ4n) is 1.84. The lowest BCUT2D eigenvalue weighted by molar-refractivity contribution is 0.256. The number of halogens is 2. The van der Waals surface area contributed by atoms with Crippen LogP contribution in [0.15, 0.2) is 18.2 Å². The zero-order valence-electron chi connectivity index (χ0n) is 7.84. The van der Waals surface area contributed by atoms with Crippen molar-refractivity contribution in [1.29, 1.82) is 0 Å². The second-order valence-electron chi connectivity index (χ2n) is 3.91. The zero-order chi connectivity index (χ0) is 10.1. The monoisotopic (exact) mass is 229 g/mol. The Bertz CT molecular complexity index is 318. The van der Waals surface area contributed by atoms with Crippen molar-refractivity contribution >= 4 is 23.2 Å². The molecule has 1 aromatic rings. The van der Waals surface area contributed by atoms with Gasteiger partial charge in [0.15, 0.2) is 0 Å². The van der Waals surface area contributed by atoms with Gasteiger partial charge in [-0.2, -0.15) is 0 Å². The fourth-order valence-corrected chi connectivity index (χ4v) is 2.39. The normalized spacial score (nSPS) is 25.9. The van der Waals surface area contributed by atoms with Crippen molar-refractivity contribution in [3.63, 3.8) is 0 Å². The molecular weight excluding hydrogens is 217 g/mol. The molecule has 0 saturated heterocycles. The lowest BCUT2D eigenvalue weighted by Gasteiger charge is -2.34. The largest absolute Gasteiger partial charge is 0.327 e. The van der Waals surface area contributed by atoms with Crippen LogP contribution in [0.25, 0.3) is 0 Å². The van der Waals surface area contributed by atoms with Crippen LogP contribution in [-0.4, -0.2) is 6.04 Å². The number of benzene rings is 1. The van der Waals surface area contributed by atoms with Crippen molar-refractivity contribution in [1.82, 2.24) is 0 Å². The van der Waals surface area contributed by atoms with Crippen molar-refractivity contribution in [3.05, 3.63) is 33.8 Å². The molecule has 14 heavy (non-hydrogen) atoms. The molecule has 0 heterocycles. The molecule has 1 aliphatic rings. The minimum absolute atomic E-state index is 0.335. The molecule has 0 amide bonds. The zero-order valence-corrected chi connectivity index (χ0v) is 9.35. The Kier molecular flexibility index (Phi) is 3.01. The maximum atomic E-state index is 6.08. The summed E-state index contributed by atoms with van der Waals surface area (Å²) < 4.78 is 0. The van der Waals surface area contributed by atoms with Crippen molar-refractivity contribution in [2.24, 2.45) is 11.7 Å². The molecule has 1 aliphatic carbocycles. The summed E-state index contributed by atoms with van der Waals surface area (Å²) >= 11 is 12.2. The van der Waals surface area contributed by atoms with E-state index in [1.165, 1.54) is 6.42 Å². The molecule has 0 radical (unpaired) electrons. The summed E-state index contributed by atoms with van der Waals surface area (Å²) in [5.41, 5.74) is 6.94. The smallest absolute Gasteiger partial charge is 0.0452 e. The van der Waals surface area contributed by atoms with Gasteiger partial charge in [0, 0.05) is 16.1 Å². The molecule has 2 atom stereocenters. The average Bonchev–Trinajstić information content (AvgIpc) is 2.15. The van der Waals surface area contributed by atoms with Gasteiger partial charge in [-0.3, -0.25) is 0 Å². The van der Waals surface area contributed by atoms with Crippen molar-refractivity contribution in [3.8, 4) is 0 Å². The van der Waals surface area contributed by atoms with E-state index in [-0.39, 0.29) is 0 Å². The van der Waals surface area contributed by atoms with Gasteiger partial charge in [-0.05, 0) is 42.9 Å². The van der Waals surface area contributed by atoms with Crippen LogP contribution >= 0.6 is 23.2 Å². The maximum absolute atomic E-state index is 6.08. The maximum Gasteiger partial charge on any atom is 0.0452 e. The molecule has 1 aromatic carbocycles. The Morgan fingerprint density at radius 1 is 1.21 bits per heavy atom. The lowest BCUT2D eigenvalue weighted by atomic mass is 9.76. The van der Waals surface area contributed by atoms with Gasteiger partial charge in [0.2, 0.25) is 0 Å². The molecule has 0 aliphatic heterocycles. The van der Waals surface area contributed by atoms with Gasteiger partial charge in [0.05, 0.1) is 0 Å². The van der Waals surface area contributed by atoms with Gasteiger partial charge in [0.1, 0.15) is 0 Å². The molecule has 0 spiro atoms. The molecule has 1 saturated carbocycles. The van der Waals surface area contributed by atoms with Crippen molar-refractivity contribution in [2.75, 3.05) is 0 Å². The van der Waals surface area contributed by atoms with Gasteiger partial charge >= 0.3 is 0 Å². The molecule has 76 valence electrons. The van der Waals surface area contributed by atoms with Crippen molar-refractivity contribution in [2.45, 2.75) is 25.3 Å². The van der Waals surface area contributed by atoms with Crippen LogP contribution in [0.2, 0.25) is 10.0 Å². The summed E-state index contributed by atoms with van der Waals surface area (Å²) in [6, 6.07) is 5.97. The molecule has 2 unspecified atom stereocenters. The second-order valence-corrected chi connectivity index (χ2v) is 4.72. The Morgan fingerprint density at radius 2 is 1.86 bits per heavy atom. The summed E-state index contributed by atoms with van der Waals surface area (Å²) in [7, 11) is 0. The minimum atomic E-state index is 0.335. The average molecular weight is 230 g/mol. The predicted octanol–water partition coefficient (Wildman–Crippen LogP) is 3.27. The summed E-state index contributed by atoms with van der Waals surface area (Å²) in [5.74, 6) is 0.562. The third-order valence-electron chi connectivity index (χ3n) is 3.00. The third-order valence-corrected chi connectivity index (χ3v) is 3.71. The topological polar surface area (TPSA) is 26.0 Å². The van der Waals surface area contributed by atoms with E-state index in [0.29, 0.717) is 12.0 Å². The highest BCUT2D eigenvalue weighted by Crippen LogP contribution is 2.34. The number of hydrogen-bond donors (Lipinski definition) is 1. The lowest BCUT2D eigenvalue weighted by Crippen LogP contribution is -2.40. The van der Waals surface area contributed by atoms with Crippen molar-refractivity contribution < 1.29 is 0 Å². The van der Waals surface area contributed by atoms with Crippen LogP contribution in [0.3, 0.4) is 0 Å². The first-order valence-electron chi connectivity index (χ1n) is 4.87. The first kappa shape index (κ1) is 10.3. The molecule has 2 N–H and O–H groups in total. The number of rotatable bonds is 2. The first-order valence-corrected chi connectivity index (χ1v) is 5.62. The second kappa shape index (κ2) is 4.09. The molecular formula is C11H13Cl2N. The standard InChI is InChI=1S/C11H13Cl2N/c12-9-2-1-3-10(13)8(9)6-7-4-5-11(7)14/h1-3,7,11H,4-6,14H2. The summed E-state index contributed by atoms with van der Waals surface area (Å²) in [5, 5.41) is 1.52. The number of nitrogens with two attached hydrogens (primary N) is 1. The van der Waals surface area contributed by atoms with E-state index in [4.69, 9.17) is 28.9 Å². The molecule has 1 fully saturated rings. The Morgan fingerprint density at radius 3 is 2.29 bits per heavy atom. The summed E-state index contributed by atoms with van der Waals surface area (Å²) in [4.78, 5) is 0. The highest BCUT2D eigenvalue weighted by molar-refractivity contribution is 6.35. The van der Waals surface area contributed by atoms with E-state index in [0.717, 1.165) is 28.5 Å². The quantitative estimate of drug-likeness (QED) is 0.828. The van der Waals surface area contributed by atoms with E-state index in [2.05, 4.69) is 0 Å². The third kappa shape index (κ3) is 1.90. The summed E-state index contributed by atoms with van der Waals surface area (Å²) in [6.07, 6.45) is 3.25. The molecule has 2 rings (SSSR count). The van der Waals surface area contributed by atoms with Crippen LogP contribution in [0.5, 0.6) is 0 Å². The Balaban J connectivity index is 2.15. The van der Waals surface area contributed by atoms with E-state index >= 15 is 0 Å².